The molecule has 1 aromatic rings. The molecule has 1 aliphatic rings. The fraction of sp³-hybridized carbons (Fsp3) is 0.462. The molecule has 0 saturated heterocycles. The van der Waals surface area contributed by atoms with E-state index >= 15 is 0 Å². The summed E-state index contributed by atoms with van der Waals surface area (Å²) in [7, 11) is 0. The van der Waals surface area contributed by atoms with Crippen LogP contribution in [0.5, 0.6) is 5.75 Å². The van der Waals surface area contributed by atoms with Crippen LogP contribution in [0, 0.1) is 0 Å². The Balaban J connectivity index is 2.06. The number of halogens is 3. The first kappa shape index (κ1) is 14.6. The lowest BCUT2D eigenvalue weighted by atomic mass is 9.77. The molecular weight excluding hydrogens is 273 g/mol. The number of hydrogen-bond donors (Lipinski definition) is 2. The third-order valence-corrected chi connectivity index (χ3v) is 3.22. The normalized spacial score (nSPS) is 17.2. The van der Waals surface area contributed by atoms with Crippen LogP contribution >= 0.6 is 0 Å². The van der Waals surface area contributed by atoms with Crippen molar-refractivity contribution in [2.24, 2.45) is 5.73 Å². The number of carbonyl (C=O) groups excluding carboxylic acids is 1. The molecule has 1 aliphatic carbocycles. The lowest BCUT2D eigenvalue weighted by Crippen LogP contribution is -2.56. The van der Waals surface area contributed by atoms with Gasteiger partial charge in [0, 0.05) is 0 Å². The zero-order valence-corrected chi connectivity index (χ0v) is 10.7. The highest BCUT2D eigenvalue weighted by Gasteiger charge is 2.40. The van der Waals surface area contributed by atoms with Crippen molar-refractivity contribution in [2.45, 2.75) is 31.0 Å². The van der Waals surface area contributed by atoms with Gasteiger partial charge in [0.15, 0.2) is 6.61 Å². The first-order valence-corrected chi connectivity index (χ1v) is 6.19. The van der Waals surface area contributed by atoms with E-state index in [1.54, 1.807) is 6.07 Å². The fourth-order valence-corrected chi connectivity index (χ4v) is 1.89. The second kappa shape index (κ2) is 5.32. The molecule has 1 saturated carbocycles. The largest absolute Gasteiger partial charge is 0.482 e. The van der Waals surface area contributed by atoms with Crippen LogP contribution in [-0.4, -0.2) is 24.2 Å². The molecule has 0 heterocycles. The number of nitrogens with two attached hydrogens (primary N) is 1. The number of para-hydroxylation sites is 2. The van der Waals surface area contributed by atoms with Gasteiger partial charge < -0.3 is 15.8 Å². The maximum Gasteiger partial charge on any atom is 0.422 e. The van der Waals surface area contributed by atoms with E-state index in [9.17, 15) is 18.0 Å². The Hall–Kier alpha value is -1.76. The Morgan fingerprint density at radius 3 is 2.55 bits per heavy atom. The van der Waals surface area contributed by atoms with Crippen molar-refractivity contribution >= 4 is 11.6 Å². The van der Waals surface area contributed by atoms with Crippen molar-refractivity contribution in [1.29, 1.82) is 0 Å². The van der Waals surface area contributed by atoms with Gasteiger partial charge in [0.25, 0.3) is 0 Å². The Bertz CT molecular complexity index is 499. The summed E-state index contributed by atoms with van der Waals surface area (Å²) >= 11 is 0. The molecule has 20 heavy (non-hydrogen) atoms. The average molecular weight is 288 g/mol. The molecule has 0 bridgehead atoms. The number of amides is 1. The third kappa shape index (κ3) is 3.41. The van der Waals surface area contributed by atoms with E-state index in [1.807, 2.05) is 0 Å². The van der Waals surface area contributed by atoms with Crippen LogP contribution in [0.25, 0.3) is 0 Å². The van der Waals surface area contributed by atoms with Crippen molar-refractivity contribution < 1.29 is 22.7 Å². The lowest BCUT2D eigenvalue weighted by Gasteiger charge is -2.36. The van der Waals surface area contributed by atoms with E-state index in [1.165, 1.54) is 18.2 Å². The van der Waals surface area contributed by atoms with Gasteiger partial charge in [-0.3, -0.25) is 4.79 Å². The highest BCUT2D eigenvalue weighted by Crippen LogP contribution is 2.32. The van der Waals surface area contributed by atoms with E-state index < -0.39 is 24.2 Å². The summed E-state index contributed by atoms with van der Waals surface area (Å²) in [5.41, 5.74) is 5.13. The predicted octanol–water partition coefficient (Wildman–Crippen LogP) is 2.45. The topological polar surface area (TPSA) is 64.4 Å². The maximum absolute atomic E-state index is 12.2. The van der Waals surface area contributed by atoms with E-state index in [2.05, 4.69) is 10.1 Å². The van der Waals surface area contributed by atoms with Gasteiger partial charge in [0.05, 0.1) is 11.2 Å². The standard InChI is InChI=1S/C13H15F3N2O2/c14-13(15,16)8-20-10-5-2-1-4-9(10)18-11(19)12(17)6-3-7-12/h1-2,4-5H,3,6-8,17H2,(H,18,19). The molecule has 0 atom stereocenters. The SMILES string of the molecule is NC1(C(=O)Nc2ccccc2OCC(F)(F)F)CCC1. The van der Waals surface area contributed by atoms with Crippen LogP contribution < -0.4 is 15.8 Å². The van der Waals surface area contributed by atoms with Crippen molar-refractivity contribution in [3.63, 3.8) is 0 Å². The molecule has 1 fully saturated rings. The van der Waals surface area contributed by atoms with E-state index in [-0.39, 0.29) is 11.4 Å². The number of carbonyl (C=O) groups is 1. The van der Waals surface area contributed by atoms with Crippen LogP contribution in [0.1, 0.15) is 19.3 Å². The van der Waals surface area contributed by atoms with E-state index in [0.717, 1.165) is 6.42 Å². The summed E-state index contributed by atoms with van der Waals surface area (Å²) in [4.78, 5) is 12.0. The number of hydrogen-bond acceptors (Lipinski definition) is 3. The van der Waals surface area contributed by atoms with Crippen LogP contribution in [-0.2, 0) is 4.79 Å². The molecule has 4 nitrogen and oxygen atoms in total. The van der Waals surface area contributed by atoms with Gasteiger partial charge in [0.1, 0.15) is 5.75 Å². The molecule has 2 rings (SSSR count). The second-order valence-corrected chi connectivity index (χ2v) is 4.86. The van der Waals surface area contributed by atoms with Crippen molar-refractivity contribution in [3.05, 3.63) is 24.3 Å². The summed E-state index contributed by atoms with van der Waals surface area (Å²) in [6.45, 7) is -1.41. The molecule has 110 valence electrons. The second-order valence-electron chi connectivity index (χ2n) is 4.86. The molecule has 1 amide bonds. The number of anilines is 1. The first-order chi connectivity index (χ1) is 9.30. The highest BCUT2D eigenvalue weighted by atomic mass is 19.4. The van der Waals surface area contributed by atoms with E-state index in [0.29, 0.717) is 12.8 Å². The third-order valence-electron chi connectivity index (χ3n) is 3.22. The van der Waals surface area contributed by atoms with Gasteiger partial charge in [-0.25, -0.2) is 0 Å². The van der Waals surface area contributed by atoms with Crippen molar-refractivity contribution in [3.8, 4) is 5.75 Å². The van der Waals surface area contributed by atoms with Gasteiger partial charge in [-0.15, -0.1) is 0 Å². The molecule has 0 unspecified atom stereocenters. The van der Waals surface area contributed by atoms with Crippen LogP contribution in [0.3, 0.4) is 0 Å². The minimum Gasteiger partial charge on any atom is -0.482 e. The zero-order chi connectivity index (χ0) is 14.8. The minimum absolute atomic E-state index is 0.0268. The van der Waals surface area contributed by atoms with Crippen molar-refractivity contribution in [2.75, 3.05) is 11.9 Å². The van der Waals surface area contributed by atoms with Crippen LogP contribution in [0.4, 0.5) is 18.9 Å². The summed E-state index contributed by atoms with van der Waals surface area (Å²) < 4.78 is 41.2. The summed E-state index contributed by atoms with van der Waals surface area (Å²) in [6, 6.07) is 5.97. The van der Waals surface area contributed by atoms with Crippen LogP contribution in [0.2, 0.25) is 0 Å². The van der Waals surface area contributed by atoms with Gasteiger partial charge >= 0.3 is 6.18 Å². The Morgan fingerprint density at radius 2 is 2.00 bits per heavy atom. The number of benzene rings is 1. The fourth-order valence-electron chi connectivity index (χ4n) is 1.89. The molecule has 0 aliphatic heterocycles. The quantitative estimate of drug-likeness (QED) is 0.894. The molecule has 3 N–H and O–H groups in total. The smallest absolute Gasteiger partial charge is 0.422 e. The minimum atomic E-state index is -4.43. The molecule has 7 heteroatoms. The molecule has 0 spiro atoms. The molecular formula is C13H15F3N2O2. The Morgan fingerprint density at radius 1 is 1.35 bits per heavy atom. The van der Waals surface area contributed by atoms with Gasteiger partial charge in [-0.1, -0.05) is 12.1 Å². The van der Waals surface area contributed by atoms with Crippen LogP contribution in [0.15, 0.2) is 24.3 Å². The zero-order valence-electron chi connectivity index (χ0n) is 10.7. The lowest BCUT2D eigenvalue weighted by molar-refractivity contribution is -0.153. The number of alkyl halides is 3. The van der Waals surface area contributed by atoms with E-state index in [4.69, 9.17) is 5.73 Å². The van der Waals surface area contributed by atoms with Crippen molar-refractivity contribution in [1.82, 2.24) is 0 Å². The number of ether oxygens (including phenoxy) is 1. The molecule has 1 aromatic carbocycles. The Labute approximate surface area is 114 Å². The molecule has 0 aromatic heterocycles. The number of nitrogens with one attached hydrogen (secondary N) is 1. The summed E-state index contributed by atoms with van der Waals surface area (Å²) in [5, 5.41) is 2.53. The van der Waals surface area contributed by atoms with Gasteiger partial charge in [-0.05, 0) is 31.4 Å². The van der Waals surface area contributed by atoms with Gasteiger partial charge in [0.2, 0.25) is 5.91 Å². The number of rotatable bonds is 4. The summed E-state index contributed by atoms with van der Waals surface area (Å²) in [6.07, 6.45) is -2.41. The first-order valence-electron chi connectivity index (χ1n) is 6.19. The van der Waals surface area contributed by atoms with Gasteiger partial charge in [-0.2, -0.15) is 13.2 Å². The average Bonchev–Trinajstić information content (AvgIpc) is 2.33. The highest BCUT2D eigenvalue weighted by molar-refractivity contribution is 5.99. The molecule has 0 radical (unpaired) electrons. The summed E-state index contributed by atoms with van der Waals surface area (Å²) in [5.74, 6) is -0.423. The predicted molar refractivity (Wildman–Crippen MR) is 67.4 cm³/mol. The monoisotopic (exact) mass is 288 g/mol. The maximum atomic E-state index is 12.2. The Kier molecular flexibility index (Phi) is 3.89.